The molecule has 0 aromatic heterocycles. The SMILES string of the molecule is CCCCCCCCN(C(=O)C(CO)NC(=O)OC(C)(C)C)C(C(=O)NCCCC)c1ccccc1. The standard InChI is InChI=1S/C28H47N3O5/c1-6-8-10-11-12-16-20-31(26(34)23(21-32)30-27(35)36-28(3,4)5)24(22-17-14-13-15-18-22)25(33)29-19-9-7-2/h13-15,17-18,23-24,32H,6-12,16,19-21H2,1-5H3,(H,29,33)(H,30,35). The van der Waals surface area contributed by atoms with Crippen molar-refractivity contribution in [1.82, 2.24) is 15.5 Å². The number of rotatable bonds is 16. The van der Waals surface area contributed by atoms with E-state index in [0.717, 1.165) is 38.5 Å². The van der Waals surface area contributed by atoms with Crippen molar-refractivity contribution in [3.05, 3.63) is 35.9 Å². The molecule has 0 heterocycles. The quantitative estimate of drug-likeness (QED) is 0.282. The first-order chi connectivity index (χ1) is 17.1. The normalized spacial score (nSPS) is 12.9. The third-order valence-corrected chi connectivity index (χ3v) is 5.71. The van der Waals surface area contributed by atoms with Crippen LogP contribution in [0.1, 0.15) is 97.6 Å². The lowest BCUT2D eigenvalue weighted by Gasteiger charge is -2.34. The number of aliphatic hydroxyl groups excluding tert-OH is 1. The summed E-state index contributed by atoms with van der Waals surface area (Å²) < 4.78 is 5.28. The predicted molar refractivity (Wildman–Crippen MR) is 142 cm³/mol. The summed E-state index contributed by atoms with van der Waals surface area (Å²) in [5, 5.41) is 15.4. The van der Waals surface area contributed by atoms with Crippen molar-refractivity contribution in [2.75, 3.05) is 19.7 Å². The zero-order valence-electron chi connectivity index (χ0n) is 22.8. The summed E-state index contributed by atoms with van der Waals surface area (Å²) in [6, 6.07) is 7.06. The van der Waals surface area contributed by atoms with Gasteiger partial charge in [-0.3, -0.25) is 9.59 Å². The van der Waals surface area contributed by atoms with Crippen molar-refractivity contribution in [2.24, 2.45) is 0 Å². The minimum atomic E-state index is -1.23. The van der Waals surface area contributed by atoms with E-state index in [1.165, 1.54) is 11.3 Å². The number of hydrogen-bond donors (Lipinski definition) is 3. The molecule has 0 spiro atoms. The monoisotopic (exact) mass is 505 g/mol. The molecule has 0 saturated heterocycles. The molecule has 1 aromatic rings. The van der Waals surface area contributed by atoms with Crippen molar-refractivity contribution < 1.29 is 24.2 Å². The van der Waals surface area contributed by atoms with Crippen LogP contribution in [0.5, 0.6) is 0 Å². The molecule has 8 nitrogen and oxygen atoms in total. The minimum Gasteiger partial charge on any atom is -0.444 e. The molecule has 1 aromatic carbocycles. The van der Waals surface area contributed by atoms with Gasteiger partial charge in [-0.1, -0.05) is 82.7 Å². The fourth-order valence-corrected chi connectivity index (χ4v) is 3.86. The number of nitrogens with zero attached hydrogens (tertiary/aromatic N) is 1. The first-order valence-electron chi connectivity index (χ1n) is 13.4. The van der Waals surface area contributed by atoms with E-state index in [1.807, 2.05) is 37.3 Å². The summed E-state index contributed by atoms with van der Waals surface area (Å²) in [4.78, 5) is 41.0. The van der Waals surface area contributed by atoms with Crippen molar-refractivity contribution >= 4 is 17.9 Å². The second-order valence-electron chi connectivity index (χ2n) is 10.1. The highest BCUT2D eigenvalue weighted by Crippen LogP contribution is 2.24. The highest BCUT2D eigenvalue weighted by Gasteiger charge is 2.35. The number of carbonyl (C=O) groups is 3. The van der Waals surface area contributed by atoms with E-state index < -0.39 is 36.3 Å². The molecule has 36 heavy (non-hydrogen) atoms. The average Bonchev–Trinajstić information content (AvgIpc) is 2.83. The number of nitrogens with one attached hydrogen (secondary N) is 2. The Bertz CT molecular complexity index is 779. The Kier molecular flexibility index (Phi) is 14.8. The van der Waals surface area contributed by atoms with Gasteiger partial charge in [-0.2, -0.15) is 0 Å². The molecule has 3 amide bonds. The van der Waals surface area contributed by atoms with E-state index in [4.69, 9.17) is 4.74 Å². The van der Waals surface area contributed by atoms with Gasteiger partial charge in [0.2, 0.25) is 11.8 Å². The number of alkyl carbamates (subject to hydrolysis) is 1. The Morgan fingerprint density at radius 2 is 1.56 bits per heavy atom. The third kappa shape index (κ3) is 11.9. The van der Waals surface area contributed by atoms with Gasteiger partial charge in [-0.15, -0.1) is 0 Å². The molecule has 0 saturated carbocycles. The van der Waals surface area contributed by atoms with Gasteiger partial charge in [-0.25, -0.2) is 4.79 Å². The Balaban J connectivity index is 3.21. The molecule has 0 radical (unpaired) electrons. The van der Waals surface area contributed by atoms with Crippen LogP contribution in [-0.2, 0) is 14.3 Å². The van der Waals surface area contributed by atoms with E-state index in [9.17, 15) is 19.5 Å². The van der Waals surface area contributed by atoms with Gasteiger partial charge in [0.25, 0.3) is 0 Å². The van der Waals surface area contributed by atoms with Crippen LogP contribution in [-0.4, -0.2) is 59.3 Å². The lowest BCUT2D eigenvalue weighted by Crippen LogP contribution is -2.54. The molecule has 0 aliphatic heterocycles. The lowest BCUT2D eigenvalue weighted by molar-refractivity contribution is -0.143. The van der Waals surface area contributed by atoms with Gasteiger partial charge in [0.1, 0.15) is 17.7 Å². The van der Waals surface area contributed by atoms with E-state index in [-0.39, 0.29) is 5.91 Å². The Labute approximate surface area is 217 Å². The van der Waals surface area contributed by atoms with E-state index >= 15 is 0 Å². The summed E-state index contributed by atoms with van der Waals surface area (Å²) in [7, 11) is 0. The Morgan fingerprint density at radius 1 is 0.944 bits per heavy atom. The van der Waals surface area contributed by atoms with Gasteiger partial charge in [0.15, 0.2) is 0 Å². The summed E-state index contributed by atoms with van der Waals surface area (Å²) in [6.07, 6.45) is 7.10. The predicted octanol–water partition coefficient (Wildman–Crippen LogP) is 4.72. The average molecular weight is 506 g/mol. The summed E-state index contributed by atoms with van der Waals surface area (Å²) in [5.41, 5.74) is -0.0726. The number of aliphatic hydroxyl groups is 1. The van der Waals surface area contributed by atoms with Crippen LogP contribution >= 0.6 is 0 Å². The number of hydrogen-bond acceptors (Lipinski definition) is 5. The smallest absolute Gasteiger partial charge is 0.408 e. The lowest BCUT2D eigenvalue weighted by atomic mass is 10.0. The van der Waals surface area contributed by atoms with E-state index in [1.54, 1.807) is 20.8 Å². The second-order valence-corrected chi connectivity index (χ2v) is 10.1. The highest BCUT2D eigenvalue weighted by atomic mass is 16.6. The van der Waals surface area contributed by atoms with Crippen molar-refractivity contribution in [3.8, 4) is 0 Å². The first-order valence-corrected chi connectivity index (χ1v) is 13.4. The maximum absolute atomic E-state index is 13.7. The van der Waals surface area contributed by atoms with Gasteiger partial charge in [0.05, 0.1) is 6.61 Å². The zero-order chi connectivity index (χ0) is 27.0. The third-order valence-electron chi connectivity index (χ3n) is 5.71. The molecule has 8 heteroatoms. The van der Waals surface area contributed by atoms with E-state index in [0.29, 0.717) is 25.1 Å². The number of amides is 3. The maximum atomic E-state index is 13.7. The molecule has 204 valence electrons. The Hall–Kier alpha value is -2.61. The maximum Gasteiger partial charge on any atom is 0.408 e. The number of carbonyl (C=O) groups excluding carboxylic acids is 3. The summed E-state index contributed by atoms with van der Waals surface area (Å²) in [5.74, 6) is -0.792. The van der Waals surface area contributed by atoms with Gasteiger partial charge >= 0.3 is 6.09 Å². The molecular formula is C28H47N3O5. The molecular weight excluding hydrogens is 458 g/mol. The van der Waals surface area contributed by atoms with Crippen LogP contribution in [0.2, 0.25) is 0 Å². The van der Waals surface area contributed by atoms with Crippen molar-refractivity contribution in [2.45, 2.75) is 104 Å². The van der Waals surface area contributed by atoms with Crippen molar-refractivity contribution in [3.63, 3.8) is 0 Å². The minimum absolute atomic E-state index is 0.275. The zero-order valence-corrected chi connectivity index (χ0v) is 22.8. The van der Waals surface area contributed by atoms with Gasteiger partial charge in [0, 0.05) is 13.1 Å². The van der Waals surface area contributed by atoms with Crippen LogP contribution in [0.25, 0.3) is 0 Å². The Morgan fingerprint density at radius 3 is 2.14 bits per heavy atom. The van der Waals surface area contributed by atoms with Crippen LogP contribution in [0.3, 0.4) is 0 Å². The largest absolute Gasteiger partial charge is 0.444 e. The molecule has 2 unspecified atom stereocenters. The highest BCUT2D eigenvalue weighted by molar-refractivity contribution is 5.92. The van der Waals surface area contributed by atoms with Crippen LogP contribution < -0.4 is 10.6 Å². The molecule has 0 aliphatic rings. The topological polar surface area (TPSA) is 108 Å². The number of ether oxygens (including phenoxy) is 1. The molecule has 0 fully saturated rings. The summed E-state index contributed by atoms with van der Waals surface area (Å²) in [6.45, 7) is 9.61. The number of unbranched alkanes of at least 4 members (excludes halogenated alkanes) is 6. The first kappa shape index (κ1) is 31.4. The molecule has 0 bridgehead atoms. The fraction of sp³-hybridized carbons (Fsp3) is 0.679. The van der Waals surface area contributed by atoms with Gasteiger partial charge in [-0.05, 0) is 39.2 Å². The molecule has 1 rings (SSSR count). The number of benzene rings is 1. The second kappa shape index (κ2) is 17.0. The van der Waals surface area contributed by atoms with Crippen molar-refractivity contribution in [1.29, 1.82) is 0 Å². The molecule has 2 atom stereocenters. The van der Waals surface area contributed by atoms with Crippen LogP contribution in [0, 0.1) is 0 Å². The fourth-order valence-electron chi connectivity index (χ4n) is 3.86. The summed E-state index contributed by atoms with van der Waals surface area (Å²) >= 11 is 0. The van der Waals surface area contributed by atoms with Crippen LogP contribution in [0.15, 0.2) is 30.3 Å². The molecule has 3 N–H and O–H groups in total. The molecule has 0 aliphatic carbocycles. The van der Waals surface area contributed by atoms with E-state index in [2.05, 4.69) is 17.6 Å². The van der Waals surface area contributed by atoms with Gasteiger partial charge < -0.3 is 25.4 Å². The van der Waals surface area contributed by atoms with Crippen LogP contribution in [0.4, 0.5) is 4.79 Å².